The van der Waals surface area contributed by atoms with Crippen LogP contribution in [0.25, 0.3) is 6.08 Å². The molecule has 1 aliphatic heterocycles. The van der Waals surface area contributed by atoms with E-state index >= 15 is 0 Å². The van der Waals surface area contributed by atoms with Crippen LogP contribution in [0.2, 0.25) is 0 Å². The van der Waals surface area contributed by atoms with E-state index in [2.05, 4.69) is 18.3 Å². The van der Waals surface area contributed by atoms with Gasteiger partial charge in [0.2, 0.25) is 0 Å². The zero-order valence-electron chi connectivity index (χ0n) is 10.2. The van der Waals surface area contributed by atoms with Gasteiger partial charge in [-0.3, -0.25) is 0 Å². The second-order valence-corrected chi connectivity index (χ2v) is 5.03. The molecule has 2 rings (SSSR count). The number of rotatable bonds is 2. The largest absolute Gasteiger partial charge is 0.416 e. The minimum atomic E-state index is -4.26. The predicted octanol–water partition coefficient (Wildman–Crippen LogP) is 3.72. The molecule has 0 bridgehead atoms. The van der Waals surface area contributed by atoms with Gasteiger partial charge in [0.15, 0.2) is 0 Å². The van der Waals surface area contributed by atoms with Crippen molar-refractivity contribution in [3.05, 3.63) is 41.5 Å². The third kappa shape index (κ3) is 3.13. The number of hydrogen-bond donors (Lipinski definition) is 1. The molecule has 1 heterocycles. The summed E-state index contributed by atoms with van der Waals surface area (Å²) in [6.07, 6.45) is 0.774. The number of hydrogen-bond acceptors (Lipinski definition) is 1. The van der Waals surface area contributed by atoms with Gasteiger partial charge in [0.1, 0.15) is 0 Å². The summed E-state index contributed by atoms with van der Waals surface area (Å²) >= 11 is 0. The topological polar surface area (TPSA) is 12.0 Å². The standard InChI is InChI=1S/C14H16F3N/c1-13(8-9-18-10-13)7-6-11-2-4-12(5-3-11)14(15,16)17/h2-7,18H,8-10H2,1H3/b7-6+. The smallest absolute Gasteiger partial charge is 0.316 e. The van der Waals surface area contributed by atoms with Crippen LogP contribution in [-0.2, 0) is 6.18 Å². The van der Waals surface area contributed by atoms with E-state index in [0.29, 0.717) is 0 Å². The Kier molecular flexibility index (Phi) is 3.48. The van der Waals surface area contributed by atoms with Gasteiger partial charge in [-0.1, -0.05) is 31.2 Å². The molecular formula is C14H16F3N. The van der Waals surface area contributed by atoms with Crippen LogP contribution in [0.5, 0.6) is 0 Å². The molecule has 1 aliphatic rings. The van der Waals surface area contributed by atoms with Gasteiger partial charge in [-0.05, 0) is 36.1 Å². The second-order valence-electron chi connectivity index (χ2n) is 5.03. The van der Waals surface area contributed by atoms with Crippen LogP contribution < -0.4 is 5.32 Å². The summed E-state index contributed by atoms with van der Waals surface area (Å²) in [7, 11) is 0. The fraction of sp³-hybridized carbons (Fsp3) is 0.429. The zero-order chi connectivity index (χ0) is 13.2. The third-order valence-electron chi connectivity index (χ3n) is 3.32. The molecule has 98 valence electrons. The van der Waals surface area contributed by atoms with E-state index in [1.807, 2.05) is 6.08 Å². The molecule has 0 aliphatic carbocycles. The molecule has 1 aromatic carbocycles. The first-order valence-corrected chi connectivity index (χ1v) is 5.96. The average molecular weight is 255 g/mol. The first-order chi connectivity index (χ1) is 8.39. The lowest BCUT2D eigenvalue weighted by atomic mass is 9.89. The normalized spacial score (nSPS) is 24.9. The first kappa shape index (κ1) is 13.1. The predicted molar refractivity (Wildman–Crippen MR) is 66.1 cm³/mol. The van der Waals surface area contributed by atoms with Crippen LogP contribution in [-0.4, -0.2) is 13.1 Å². The van der Waals surface area contributed by atoms with Gasteiger partial charge in [-0.2, -0.15) is 13.2 Å². The molecule has 1 saturated heterocycles. The average Bonchev–Trinajstić information content (AvgIpc) is 2.74. The maximum Gasteiger partial charge on any atom is 0.416 e. The van der Waals surface area contributed by atoms with Gasteiger partial charge < -0.3 is 5.32 Å². The number of benzene rings is 1. The van der Waals surface area contributed by atoms with Crippen molar-refractivity contribution in [1.29, 1.82) is 0 Å². The van der Waals surface area contributed by atoms with Crippen molar-refractivity contribution < 1.29 is 13.2 Å². The van der Waals surface area contributed by atoms with Crippen molar-refractivity contribution in [2.75, 3.05) is 13.1 Å². The lowest BCUT2D eigenvalue weighted by Gasteiger charge is -2.16. The van der Waals surface area contributed by atoms with Crippen LogP contribution in [0.1, 0.15) is 24.5 Å². The van der Waals surface area contributed by atoms with E-state index in [4.69, 9.17) is 0 Å². The number of alkyl halides is 3. The Hall–Kier alpha value is -1.29. The highest BCUT2D eigenvalue weighted by Crippen LogP contribution is 2.30. The van der Waals surface area contributed by atoms with Gasteiger partial charge in [0.05, 0.1) is 5.56 Å². The van der Waals surface area contributed by atoms with E-state index < -0.39 is 11.7 Å². The highest BCUT2D eigenvalue weighted by molar-refractivity contribution is 5.51. The molecule has 4 heteroatoms. The van der Waals surface area contributed by atoms with E-state index in [1.165, 1.54) is 12.1 Å². The molecular weight excluding hydrogens is 239 g/mol. The SMILES string of the molecule is CC1(/C=C/c2ccc(C(F)(F)F)cc2)CCNC1. The van der Waals surface area contributed by atoms with Crippen LogP contribution in [0, 0.1) is 5.41 Å². The fourth-order valence-corrected chi connectivity index (χ4v) is 2.06. The maximum absolute atomic E-state index is 12.4. The lowest BCUT2D eigenvalue weighted by molar-refractivity contribution is -0.137. The molecule has 1 nitrogen and oxygen atoms in total. The van der Waals surface area contributed by atoms with Crippen LogP contribution >= 0.6 is 0 Å². The lowest BCUT2D eigenvalue weighted by Crippen LogP contribution is -2.16. The van der Waals surface area contributed by atoms with Crippen molar-refractivity contribution in [2.24, 2.45) is 5.41 Å². The van der Waals surface area contributed by atoms with Crippen molar-refractivity contribution >= 4 is 6.08 Å². The van der Waals surface area contributed by atoms with E-state index in [0.717, 1.165) is 37.2 Å². The van der Waals surface area contributed by atoms with E-state index in [-0.39, 0.29) is 5.41 Å². The Morgan fingerprint density at radius 2 is 1.89 bits per heavy atom. The molecule has 0 saturated carbocycles. The summed E-state index contributed by atoms with van der Waals surface area (Å²) in [4.78, 5) is 0. The van der Waals surface area contributed by atoms with Gasteiger partial charge in [0, 0.05) is 6.54 Å². The van der Waals surface area contributed by atoms with Gasteiger partial charge in [0.25, 0.3) is 0 Å². The minimum Gasteiger partial charge on any atom is -0.316 e. The Balaban J connectivity index is 2.09. The van der Waals surface area contributed by atoms with Crippen LogP contribution in [0.4, 0.5) is 13.2 Å². The van der Waals surface area contributed by atoms with Crippen molar-refractivity contribution in [3.8, 4) is 0 Å². The maximum atomic E-state index is 12.4. The summed E-state index contributed by atoms with van der Waals surface area (Å²) in [5, 5.41) is 3.28. The monoisotopic (exact) mass is 255 g/mol. The first-order valence-electron chi connectivity index (χ1n) is 5.96. The molecule has 1 atom stereocenters. The molecule has 0 amide bonds. The quantitative estimate of drug-likeness (QED) is 0.849. The van der Waals surface area contributed by atoms with E-state index in [9.17, 15) is 13.2 Å². The number of nitrogens with one attached hydrogen (secondary N) is 1. The van der Waals surface area contributed by atoms with Crippen molar-refractivity contribution in [1.82, 2.24) is 5.32 Å². The molecule has 0 radical (unpaired) electrons. The van der Waals surface area contributed by atoms with Gasteiger partial charge >= 0.3 is 6.18 Å². The molecule has 18 heavy (non-hydrogen) atoms. The highest BCUT2D eigenvalue weighted by atomic mass is 19.4. The van der Waals surface area contributed by atoms with Crippen molar-refractivity contribution in [3.63, 3.8) is 0 Å². The van der Waals surface area contributed by atoms with E-state index in [1.54, 1.807) is 0 Å². The third-order valence-corrected chi connectivity index (χ3v) is 3.32. The Bertz CT molecular complexity index is 425. The fourth-order valence-electron chi connectivity index (χ4n) is 2.06. The minimum absolute atomic E-state index is 0.114. The van der Waals surface area contributed by atoms with Crippen molar-refractivity contribution in [2.45, 2.75) is 19.5 Å². The van der Waals surface area contributed by atoms with Crippen LogP contribution in [0.15, 0.2) is 30.3 Å². The number of halogens is 3. The molecule has 1 unspecified atom stereocenters. The Labute approximate surface area is 105 Å². The summed E-state index contributed by atoms with van der Waals surface area (Å²) in [6, 6.07) is 5.25. The van der Waals surface area contributed by atoms with Gasteiger partial charge in [-0.25, -0.2) is 0 Å². The Morgan fingerprint density at radius 3 is 2.39 bits per heavy atom. The molecule has 0 spiro atoms. The van der Waals surface area contributed by atoms with Gasteiger partial charge in [-0.15, -0.1) is 0 Å². The molecule has 0 aromatic heterocycles. The zero-order valence-corrected chi connectivity index (χ0v) is 10.2. The summed E-state index contributed by atoms with van der Waals surface area (Å²) in [6.45, 7) is 4.06. The molecule has 1 N–H and O–H groups in total. The summed E-state index contributed by atoms with van der Waals surface area (Å²) in [5.41, 5.74) is 0.312. The summed E-state index contributed by atoms with van der Waals surface area (Å²) < 4.78 is 37.2. The Morgan fingerprint density at radius 1 is 1.22 bits per heavy atom. The molecule has 1 aromatic rings. The van der Waals surface area contributed by atoms with Crippen LogP contribution in [0.3, 0.4) is 0 Å². The highest BCUT2D eigenvalue weighted by Gasteiger charge is 2.30. The summed E-state index contributed by atoms with van der Waals surface area (Å²) in [5.74, 6) is 0. The molecule has 1 fully saturated rings. The second kappa shape index (κ2) is 4.76.